The molecule has 0 aliphatic heterocycles. The van der Waals surface area contributed by atoms with Gasteiger partial charge in [-0.2, -0.15) is 0 Å². The van der Waals surface area contributed by atoms with E-state index >= 15 is 0 Å². The fraction of sp³-hybridized carbons (Fsp3) is 0.125. The van der Waals surface area contributed by atoms with Gasteiger partial charge in [0.05, 0.1) is 4.47 Å². The molecule has 2 rings (SSSR count). The van der Waals surface area contributed by atoms with E-state index in [1.54, 1.807) is 6.07 Å². The van der Waals surface area contributed by atoms with Crippen LogP contribution in [0.2, 0.25) is 0 Å². The summed E-state index contributed by atoms with van der Waals surface area (Å²) in [5.41, 5.74) is 2.10. The van der Waals surface area contributed by atoms with Gasteiger partial charge in [0.25, 0.3) is 5.91 Å². The first-order valence-electron chi connectivity index (χ1n) is 6.52. The van der Waals surface area contributed by atoms with E-state index in [0.717, 1.165) is 15.6 Å². The number of hydrogen-bond donors (Lipinski definition) is 2. The Hall–Kier alpha value is -2.34. The van der Waals surface area contributed by atoms with Crippen LogP contribution in [0, 0.1) is 0 Å². The molecular weight excluding hydrogens is 350 g/mol. The topological polar surface area (TPSA) is 75.6 Å². The quantitative estimate of drug-likeness (QED) is 0.827. The van der Waals surface area contributed by atoms with Crippen LogP contribution >= 0.6 is 15.9 Å². The number of amides is 1. The molecule has 0 aromatic heterocycles. The number of carboxylic acids is 1. The minimum atomic E-state index is -1.10. The molecule has 0 saturated heterocycles. The van der Waals surface area contributed by atoms with Crippen molar-refractivity contribution in [2.24, 2.45) is 0 Å². The number of nitrogens with one attached hydrogen (secondary N) is 1. The second kappa shape index (κ2) is 7.61. The molecule has 0 aliphatic rings. The zero-order chi connectivity index (χ0) is 15.9. The van der Waals surface area contributed by atoms with E-state index in [-0.39, 0.29) is 6.61 Å². The van der Waals surface area contributed by atoms with Gasteiger partial charge < -0.3 is 15.2 Å². The highest BCUT2D eigenvalue weighted by molar-refractivity contribution is 9.10. The zero-order valence-electron chi connectivity index (χ0n) is 11.6. The molecule has 0 aliphatic carbocycles. The van der Waals surface area contributed by atoms with Crippen molar-refractivity contribution in [2.45, 2.75) is 0 Å². The van der Waals surface area contributed by atoms with Crippen LogP contribution in [0.25, 0.3) is 11.1 Å². The molecule has 114 valence electrons. The number of halogens is 1. The van der Waals surface area contributed by atoms with E-state index < -0.39 is 18.4 Å². The third-order valence-corrected chi connectivity index (χ3v) is 3.45. The lowest BCUT2D eigenvalue weighted by Crippen LogP contribution is -2.33. The summed E-state index contributed by atoms with van der Waals surface area (Å²) in [7, 11) is 0. The minimum Gasteiger partial charge on any atom is -0.483 e. The van der Waals surface area contributed by atoms with Gasteiger partial charge in [-0.25, -0.2) is 0 Å². The molecule has 1 amide bonds. The number of benzene rings is 2. The van der Waals surface area contributed by atoms with E-state index in [4.69, 9.17) is 9.84 Å². The van der Waals surface area contributed by atoms with E-state index in [1.807, 2.05) is 42.5 Å². The Morgan fingerprint density at radius 1 is 1.09 bits per heavy atom. The van der Waals surface area contributed by atoms with Gasteiger partial charge in [-0.15, -0.1) is 0 Å². The summed E-state index contributed by atoms with van der Waals surface area (Å²) in [4.78, 5) is 21.7. The Kier molecular flexibility index (Phi) is 5.55. The number of rotatable bonds is 6. The van der Waals surface area contributed by atoms with Gasteiger partial charge in [-0.1, -0.05) is 36.4 Å². The van der Waals surface area contributed by atoms with Crippen LogP contribution in [0.1, 0.15) is 0 Å². The van der Waals surface area contributed by atoms with Crippen molar-refractivity contribution in [3.63, 3.8) is 0 Å². The molecule has 5 nitrogen and oxygen atoms in total. The van der Waals surface area contributed by atoms with Crippen LogP contribution < -0.4 is 10.1 Å². The lowest BCUT2D eigenvalue weighted by Gasteiger charge is -2.10. The molecule has 6 heteroatoms. The fourth-order valence-corrected chi connectivity index (χ4v) is 2.29. The lowest BCUT2D eigenvalue weighted by atomic mass is 10.1. The third-order valence-electron chi connectivity index (χ3n) is 2.83. The highest BCUT2D eigenvalue weighted by Crippen LogP contribution is 2.30. The average molecular weight is 364 g/mol. The number of carbonyl (C=O) groups excluding carboxylic acids is 1. The Balaban J connectivity index is 1.98. The first kappa shape index (κ1) is 16.0. The van der Waals surface area contributed by atoms with Gasteiger partial charge >= 0.3 is 5.97 Å². The molecule has 0 fully saturated rings. The first-order valence-corrected chi connectivity index (χ1v) is 7.32. The van der Waals surface area contributed by atoms with Gasteiger partial charge in [-0.3, -0.25) is 9.59 Å². The van der Waals surface area contributed by atoms with Crippen molar-refractivity contribution in [1.29, 1.82) is 0 Å². The van der Waals surface area contributed by atoms with Gasteiger partial charge in [0, 0.05) is 0 Å². The highest BCUT2D eigenvalue weighted by atomic mass is 79.9. The van der Waals surface area contributed by atoms with E-state index in [0.29, 0.717) is 5.75 Å². The van der Waals surface area contributed by atoms with Gasteiger partial charge in [0.1, 0.15) is 12.3 Å². The van der Waals surface area contributed by atoms with E-state index in [2.05, 4.69) is 21.2 Å². The molecule has 22 heavy (non-hydrogen) atoms. The summed E-state index contributed by atoms with van der Waals surface area (Å²) < 4.78 is 6.09. The van der Waals surface area contributed by atoms with Gasteiger partial charge in [0.2, 0.25) is 0 Å². The number of aliphatic carboxylic acids is 1. The zero-order valence-corrected chi connectivity index (χ0v) is 13.2. The summed E-state index contributed by atoms with van der Waals surface area (Å²) in [6, 6.07) is 15.4. The summed E-state index contributed by atoms with van der Waals surface area (Å²) >= 11 is 3.41. The molecular formula is C16H14BrNO4. The molecule has 2 aromatic carbocycles. The Morgan fingerprint density at radius 3 is 2.45 bits per heavy atom. The molecule has 0 atom stereocenters. The number of carboxylic acid groups (broad SMARTS) is 1. The maximum Gasteiger partial charge on any atom is 0.322 e. The summed E-state index contributed by atoms with van der Waals surface area (Å²) in [6.07, 6.45) is 0. The monoisotopic (exact) mass is 363 g/mol. The van der Waals surface area contributed by atoms with Crippen LogP contribution in [-0.2, 0) is 9.59 Å². The summed E-state index contributed by atoms with van der Waals surface area (Å²) in [5, 5.41) is 10.7. The van der Waals surface area contributed by atoms with Crippen molar-refractivity contribution in [2.75, 3.05) is 13.2 Å². The van der Waals surface area contributed by atoms with Crippen molar-refractivity contribution in [3.8, 4) is 16.9 Å². The summed E-state index contributed by atoms with van der Waals surface area (Å²) in [6.45, 7) is -0.660. The second-order valence-corrected chi connectivity index (χ2v) is 5.32. The van der Waals surface area contributed by atoms with Crippen molar-refractivity contribution < 1.29 is 19.4 Å². The fourth-order valence-electron chi connectivity index (χ4n) is 1.80. The van der Waals surface area contributed by atoms with Crippen LogP contribution in [0.4, 0.5) is 0 Å². The largest absolute Gasteiger partial charge is 0.483 e. The molecule has 0 radical (unpaired) electrons. The first-order chi connectivity index (χ1) is 10.6. The number of hydrogen-bond acceptors (Lipinski definition) is 3. The van der Waals surface area contributed by atoms with E-state index in [9.17, 15) is 9.59 Å². The Labute approximate surface area is 136 Å². The van der Waals surface area contributed by atoms with Gasteiger partial charge in [0.15, 0.2) is 6.61 Å². The predicted octanol–water partition coefficient (Wildman–Crippen LogP) is 2.70. The normalized spacial score (nSPS) is 10.0. The molecule has 2 aromatic rings. The molecule has 0 unspecified atom stereocenters. The van der Waals surface area contributed by atoms with Crippen molar-refractivity contribution in [3.05, 3.63) is 53.0 Å². The van der Waals surface area contributed by atoms with Crippen LogP contribution in [-0.4, -0.2) is 30.1 Å². The van der Waals surface area contributed by atoms with Crippen LogP contribution in [0.15, 0.2) is 53.0 Å². The smallest absolute Gasteiger partial charge is 0.322 e. The molecule has 0 saturated carbocycles. The molecule has 0 spiro atoms. The Bertz CT molecular complexity index is 673. The average Bonchev–Trinajstić information content (AvgIpc) is 2.52. The second-order valence-electron chi connectivity index (χ2n) is 4.47. The molecule has 0 bridgehead atoms. The minimum absolute atomic E-state index is 0.240. The van der Waals surface area contributed by atoms with Gasteiger partial charge in [-0.05, 0) is 39.2 Å². The van der Waals surface area contributed by atoms with Crippen molar-refractivity contribution in [1.82, 2.24) is 5.32 Å². The van der Waals surface area contributed by atoms with Crippen LogP contribution in [0.3, 0.4) is 0 Å². The highest BCUT2D eigenvalue weighted by Gasteiger charge is 2.08. The standard InChI is InChI=1S/C16H14BrNO4/c17-13-8-12(11-4-2-1-3-5-11)6-7-14(13)22-10-15(19)18-9-16(20)21/h1-8H,9-10H2,(H,18,19)(H,20,21). The van der Waals surface area contributed by atoms with Crippen LogP contribution in [0.5, 0.6) is 5.75 Å². The van der Waals surface area contributed by atoms with Crippen molar-refractivity contribution >= 4 is 27.8 Å². The predicted molar refractivity (Wildman–Crippen MR) is 85.7 cm³/mol. The lowest BCUT2D eigenvalue weighted by molar-refractivity contribution is -0.138. The molecule has 2 N–H and O–H groups in total. The SMILES string of the molecule is O=C(O)CNC(=O)COc1ccc(-c2ccccc2)cc1Br. The number of carbonyl (C=O) groups is 2. The maximum absolute atomic E-state index is 11.4. The number of ether oxygens (including phenoxy) is 1. The maximum atomic E-state index is 11.4. The van der Waals surface area contributed by atoms with E-state index in [1.165, 1.54) is 0 Å². The summed E-state index contributed by atoms with van der Waals surface area (Å²) in [5.74, 6) is -1.06. The Morgan fingerprint density at radius 2 is 1.82 bits per heavy atom. The third kappa shape index (κ3) is 4.60. The molecule has 0 heterocycles.